The van der Waals surface area contributed by atoms with Gasteiger partial charge in [0.15, 0.2) is 0 Å². The predicted octanol–water partition coefficient (Wildman–Crippen LogP) is 5.67. The number of ether oxygens (including phenoxy) is 1. The standard InChI is InChI=1S/C39H59N5O5S/c1-8-21-49-26-44(39(48)36(29(6)9-2)42-38(47)34-17-13-14-20-43(34)7)33(27(3)4)18-19-35-41-32(25-50-35)37(46)40-31(22-28(5)24-45)23-30-15-11-10-12-16-30/h8,10-12,15-16,24-25,27-29,31,33-34,36H,1,9,13-14,17-23,26H2,2-7H3,(H,40,46)(H,42,47)/t28-,29?,31+,33?,34+,36-/m0/s1. The van der Waals surface area contributed by atoms with Crippen molar-refractivity contribution < 1.29 is 23.9 Å². The van der Waals surface area contributed by atoms with Crippen LogP contribution in [0, 0.1) is 17.8 Å². The Hall–Kier alpha value is -3.41. The molecule has 1 saturated heterocycles. The van der Waals surface area contributed by atoms with Crippen molar-refractivity contribution in [3.63, 3.8) is 0 Å². The molecule has 1 aromatic carbocycles. The number of piperidine rings is 1. The van der Waals surface area contributed by atoms with Crippen molar-refractivity contribution in [3.8, 4) is 0 Å². The number of rotatable bonds is 21. The molecule has 2 heterocycles. The number of likely N-dealkylation sites (tertiary alicyclic amines) is 1. The van der Waals surface area contributed by atoms with E-state index in [4.69, 9.17) is 4.74 Å². The van der Waals surface area contributed by atoms with E-state index >= 15 is 0 Å². The van der Waals surface area contributed by atoms with E-state index in [9.17, 15) is 19.2 Å². The zero-order chi connectivity index (χ0) is 36.6. The second-order valence-electron chi connectivity index (χ2n) is 14.1. The third-order valence-corrected chi connectivity index (χ3v) is 10.7. The van der Waals surface area contributed by atoms with E-state index < -0.39 is 6.04 Å². The smallest absolute Gasteiger partial charge is 0.270 e. The molecule has 1 aliphatic rings. The maximum atomic E-state index is 14.4. The number of hydrogen-bond acceptors (Lipinski definition) is 8. The second kappa shape index (κ2) is 21.1. The SMILES string of the molecule is C=CCOCN(C(=O)[C@@H](NC(=O)[C@H]1CCCCN1C)C(C)CC)C(CCc1nc(C(=O)N[C@@H](Cc2ccccc2)C[C@H](C)C=O)cs1)C(C)C. The van der Waals surface area contributed by atoms with Crippen LogP contribution in [-0.2, 0) is 32.0 Å². The van der Waals surface area contributed by atoms with Crippen molar-refractivity contribution in [3.05, 3.63) is 64.6 Å². The molecule has 1 aromatic heterocycles. The minimum absolute atomic E-state index is 0.0738. The normalized spacial score (nSPS) is 18.0. The van der Waals surface area contributed by atoms with Gasteiger partial charge in [-0.1, -0.05) is 83.9 Å². The van der Waals surface area contributed by atoms with Crippen LogP contribution in [0.4, 0.5) is 0 Å². The topological polar surface area (TPSA) is 121 Å². The number of aromatic nitrogens is 1. The molecule has 6 atom stereocenters. The first-order valence-electron chi connectivity index (χ1n) is 18.2. The molecule has 11 heteroatoms. The molecule has 3 rings (SSSR count). The quantitative estimate of drug-likeness (QED) is 0.0742. The molecule has 0 spiro atoms. The number of likely N-dealkylation sites (N-methyl/N-ethyl adjacent to an activating group) is 1. The molecule has 10 nitrogen and oxygen atoms in total. The van der Waals surface area contributed by atoms with E-state index in [-0.39, 0.29) is 60.3 Å². The summed E-state index contributed by atoms with van der Waals surface area (Å²) in [5, 5.41) is 8.82. The third kappa shape index (κ3) is 12.4. The first-order valence-corrected chi connectivity index (χ1v) is 19.1. The highest BCUT2D eigenvalue weighted by atomic mass is 32.1. The summed E-state index contributed by atoms with van der Waals surface area (Å²) in [5.41, 5.74) is 1.43. The average Bonchev–Trinajstić information content (AvgIpc) is 3.59. The number of benzene rings is 1. The van der Waals surface area contributed by atoms with Crippen LogP contribution in [0.25, 0.3) is 0 Å². The maximum Gasteiger partial charge on any atom is 0.270 e. The fraction of sp³-hybridized carbons (Fsp3) is 0.615. The largest absolute Gasteiger partial charge is 0.357 e. The molecule has 1 aliphatic heterocycles. The van der Waals surface area contributed by atoms with Gasteiger partial charge in [-0.15, -0.1) is 17.9 Å². The van der Waals surface area contributed by atoms with Crippen molar-refractivity contribution in [1.82, 2.24) is 25.4 Å². The van der Waals surface area contributed by atoms with Gasteiger partial charge < -0.3 is 25.1 Å². The number of carbonyl (C=O) groups is 4. The zero-order valence-corrected chi connectivity index (χ0v) is 31.8. The third-order valence-electron chi connectivity index (χ3n) is 9.76. The van der Waals surface area contributed by atoms with Gasteiger partial charge in [0, 0.05) is 29.8 Å². The Labute approximate surface area is 303 Å². The number of thiazole rings is 1. The molecule has 0 saturated carbocycles. The van der Waals surface area contributed by atoms with E-state index in [0.29, 0.717) is 38.0 Å². The molecular weight excluding hydrogens is 651 g/mol. The zero-order valence-electron chi connectivity index (χ0n) is 30.9. The van der Waals surface area contributed by atoms with Gasteiger partial charge in [-0.2, -0.15) is 0 Å². The molecule has 2 unspecified atom stereocenters. The molecule has 3 amide bonds. The van der Waals surface area contributed by atoms with Gasteiger partial charge in [0.05, 0.1) is 17.7 Å². The van der Waals surface area contributed by atoms with Crippen LogP contribution in [0.3, 0.4) is 0 Å². The summed E-state index contributed by atoms with van der Waals surface area (Å²) in [6.45, 7) is 15.1. The highest BCUT2D eigenvalue weighted by molar-refractivity contribution is 7.09. The molecule has 0 aliphatic carbocycles. The fourth-order valence-corrected chi connectivity index (χ4v) is 7.37. The van der Waals surface area contributed by atoms with Crippen LogP contribution in [-0.4, -0.2) is 89.9 Å². The van der Waals surface area contributed by atoms with E-state index in [1.165, 1.54) is 11.3 Å². The average molecular weight is 710 g/mol. The Morgan fingerprint density at radius 2 is 1.88 bits per heavy atom. The van der Waals surface area contributed by atoms with E-state index in [0.717, 1.165) is 49.1 Å². The minimum atomic E-state index is -0.683. The van der Waals surface area contributed by atoms with Gasteiger partial charge >= 0.3 is 0 Å². The summed E-state index contributed by atoms with van der Waals surface area (Å²) in [4.78, 5) is 61.2. The minimum Gasteiger partial charge on any atom is -0.357 e. The first kappa shape index (κ1) is 41.0. The first-order chi connectivity index (χ1) is 24.0. The Bertz CT molecular complexity index is 1370. The van der Waals surface area contributed by atoms with Crippen LogP contribution in [0.5, 0.6) is 0 Å². The lowest BCUT2D eigenvalue weighted by molar-refractivity contribution is -0.147. The van der Waals surface area contributed by atoms with Gasteiger partial charge in [-0.05, 0) is 63.1 Å². The van der Waals surface area contributed by atoms with Crippen LogP contribution >= 0.6 is 11.3 Å². The number of aldehydes is 1. The summed E-state index contributed by atoms with van der Waals surface area (Å²) in [5.74, 6) is -0.690. The maximum absolute atomic E-state index is 14.4. The Morgan fingerprint density at radius 3 is 2.52 bits per heavy atom. The summed E-state index contributed by atoms with van der Waals surface area (Å²) in [7, 11) is 1.97. The molecule has 50 heavy (non-hydrogen) atoms. The lowest BCUT2D eigenvalue weighted by atomic mass is 9.93. The molecule has 276 valence electrons. The molecule has 2 aromatic rings. The van der Waals surface area contributed by atoms with Crippen molar-refractivity contribution in [2.24, 2.45) is 17.8 Å². The number of nitrogens with zero attached hydrogens (tertiary/aromatic N) is 3. The molecule has 0 bridgehead atoms. The number of nitrogens with one attached hydrogen (secondary N) is 2. The lowest BCUT2D eigenvalue weighted by Gasteiger charge is -2.39. The van der Waals surface area contributed by atoms with Gasteiger partial charge in [0.1, 0.15) is 24.8 Å². The predicted molar refractivity (Wildman–Crippen MR) is 200 cm³/mol. The van der Waals surface area contributed by atoms with E-state index in [1.807, 2.05) is 58.2 Å². The number of amides is 3. The highest BCUT2D eigenvalue weighted by Gasteiger charge is 2.37. The number of hydrogen-bond donors (Lipinski definition) is 2. The monoisotopic (exact) mass is 709 g/mol. The van der Waals surface area contributed by atoms with E-state index in [1.54, 1.807) is 16.4 Å². The summed E-state index contributed by atoms with van der Waals surface area (Å²) in [6.07, 6.45) is 8.47. The molecular formula is C39H59N5O5S. The Balaban J connectivity index is 1.75. The van der Waals surface area contributed by atoms with Crippen LogP contribution in [0.2, 0.25) is 0 Å². The Kier molecular flexibility index (Phi) is 17.3. The molecule has 0 radical (unpaired) electrons. The van der Waals surface area contributed by atoms with Crippen LogP contribution in [0.15, 0.2) is 48.4 Å². The van der Waals surface area contributed by atoms with Gasteiger partial charge in [-0.3, -0.25) is 19.3 Å². The number of carbonyl (C=O) groups excluding carboxylic acids is 4. The molecule has 1 fully saturated rings. The van der Waals surface area contributed by atoms with Crippen molar-refractivity contribution in [2.45, 2.75) is 110 Å². The fourth-order valence-electron chi connectivity index (χ4n) is 6.58. The van der Waals surface area contributed by atoms with E-state index in [2.05, 4.69) is 40.9 Å². The summed E-state index contributed by atoms with van der Waals surface area (Å²) in [6, 6.07) is 8.57. The number of aryl methyl sites for hydroxylation is 1. The van der Waals surface area contributed by atoms with Crippen molar-refractivity contribution in [1.29, 1.82) is 0 Å². The highest BCUT2D eigenvalue weighted by Crippen LogP contribution is 2.24. The van der Waals surface area contributed by atoms with Crippen molar-refractivity contribution in [2.75, 3.05) is 26.9 Å². The second-order valence-corrected chi connectivity index (χ2v) is 15.1. The summed E-state index contributed by atoms with van der Waals surface area (Å²) < 4.78 is 5.88. The van der Waals surface area contributed by atoms with Gasteiger partial charge in [0.25, 0.3) is 5.91 Å². The summed E-state index contributed by atoms with van der Waals surface area (Å²) >= 11 is 1.42. The Morgan fingerprint density at radius 1 is 1.14 bits per heavy atom. The van der Waals surface area contributed by atoms with Crippen molar-refractivity contribution >= 4 is 35.3 Å². The lowest BCUT2D eigenvalue weighted by Crippen LogP contribution is -2.59. The van der Waals surface area contributed by atoms with Crippen LogP contribution in [0.1, 0.15) is 94.2 Å². The van der Waals surface area contributed by atoms with Gasteiger partial charge in [-0.25, -0.2) is 4.98 Å². The van der Waals surface area contributed by atoms with Crippen LogP contribution < -0.4 is 10.6 Å². The van der Waals surface area contributed by atoms with Gasteiger partial charge in [0.2, 0.25) is 11.8 Å². The molecule has 2 N–H and O–H groups in total.